The van der Waals surface area contributed by atoms with Crippen molar-refractivity contribution in [3.63, 3.8) is 0 Å². The van der Waals surface area contributed by atoms with Crippen molar-refractivity contribution in [2.75, 3.05) is 19.7 Å². The van der Waals surface area contributed by atoms with Gasteiger partial charge >= 0.3 is 0 Å². The van der Waals surface area contributed by atoms with Crippen molar-refractivity contribution in [2.45, 2.75) is 32.0 Å². The van der Waals surface area contributed by atoms with Gasteiger partial charge in [-0.3, -0.25) is 4.90 Å². The number of ether oxygens (including phenoxy) is 1. The van der Waals surface area contributed by atoms with E-state index in [9.17, 15) is 0 Å². The molecule has 0 radical (unpaired) electrons. The van der Waals surface area contributed by atoms with Gasteiger partial charge < -0.3 is 14.9 Å². The lowest BCUT2D eigenvalue weighted by Gasteiger charge is -2.37. The zero-order valence-electron chi connectivity index (χ0n) is 12.4. The van der Waals surface area contributed by atoms with Crippen LogP contribution in [0.1, 0.15) is 25.6 Å². The van der Waals surface area contributed by atoms with Crippen molar-refractivity contribution in [1.29, 1.82) is 0 Å². The van der Waals surface area contributed by atoms with Crippen LogP contribution in [0, 0.1) is 0 Å². The molecule has 1 saturated heterocycles. The average molecular weight is 309 g/mol. The summed E-state index contributed by atoms with van der Waals surface area (Å²) < 4.78 is 11.7. The Balaban J connectivity index is 1.81. The summed E-state index contributed by atoms with van der Waals surface area (Å²) in [6.45, 7) is 6.88. The number of nitrogens with zero attached hydrogens (tertiary/aromatic N) is 1. The molecule has 0 amide bonds. The maximum atomic E-state index is 6.36. The predicted molar refractivity (Wildman–Crippen MR) is 84.6 cm³/mol. The normalized spacial score (nSPS) is 22.0. The summed E-state index contributed by atoms with van der Waals surface area (Å²) >= 11 is 6.01. The third-order valence-electron chi connectivity index (χ3n) is 4.08. The Morgan fingerprint density at radius 1 is 1.33 bits per heavy atom. The summed E-state index contributed by atoms with van der Waals surface area (Å²) in [6, 6.07) is 7.77. The molecule has 1 aromatic carbocycles. The Bertz CT molecular complexity index is 626. The van der Waals surface area contributed by atoms with Gasteiger partial charge in [-0.1, -0.05) is 11.6 Å². The Labute approximate surface area is 129 Å². The minimum absolute atomic E-state index is 0.0443. The monoisotopic (exact) mass is 308 g/mol. The SMILES string of the molecule is CC(C)N1CCOC(C(N)c2cc3cc(Cl)ccc3o2)C1. The van der Waals surface area contributed by atoms with Crippen molar-refractivity contribution in [3.8, 4) is 0 Å². The van der Waals surface area contributed by atoms with Crippen molar-refractivity contribution < 1.29 is 9.15 Å². The highest BCUT2D eigenvalue weighted by Gasteiger charge is 2.29. The number of hydrogen-bond acceptors (Lipinski definition) is 4. The molecule has 1 aromatic heterocycles. The van der Waals surface area contributed by atoms with Gasteiger partial charge in [0.1, 0.15) is 11.3 Å². The summed E-state index contributed by atoms with van der Waals surface area (Å²) in [4.78, 5) is 2.38. The van der Waals surface area contributed by atoms with Gasteiger partial charge in [0.25, 0.3) is 0 Å². The Kier molecular flexibility index (Phi) is 4.22. The Hall–Kier alpha value is -1.07. The van der Waals surface area contributed by atoms with Gasteiger partial charge in [0.05, 0.1) is 18.8 Å². The number of morpholine rings is 1. The number of nitrogens with two attached hydrogens (primary N) is 1. The van der Waals surface area contributed by atoms with E-state index in [0.29, 0.717) is 17.7 Å². The molecule has 21 heavy (non-hydrogen) atoms. The number of benzene rings is 1. The molecule has 2 atom stereocenters. The fourth-order valence-corrected chi connectivity index (χ4v) is 2.95. The van der Waals surface area contributed by atoms with E-state index in [1.54, 1.807) is 0 Å². The summed E-state index contributed by atoms with van der Waals surface area (Å²) in [6.07, 6.45) is -0.0443. The first-order valence-electron chi connectivity index (χ1n) is 7.35. The van der Waals surface area contributed by atoms with Gasteiger partial charge in [-0.05, 0) is 38.1 Å². The van der Waals surface area contributed by atoms with E-state index in [1.165, 1.54) is 0 Å². The van der Waals surface area contributed by atoms with Crippen molar-refractivity contribution in [1.82, 2.24) is 4.90 Å². The van der Waals surface area contributed by atoms with Crippen LogP contribution in [-0.4, -0.2) is 36.7 Å². The fraction of sp³-hybridized carbons (Fsp3) is 0.500. The van der Waals surface area contributed by atoms with Gasteiger partial charge in [0.15, 0.2) is 0 Å². The largest absolute Gasteiger partial charge is 0.459 e. The van der Waals surface area contributed by atoms with E-state index >= 15 is 0 Å². The van der Waals surface area contributed by atoms with Crippen LogP contribution in [0.25, 0.3) is 11.0 Å². The maximum Gasteiger partial charge on any atom is 0.134 e. The molecule has 0 bridgehead atoms. The smallest absolute Gasteiger partial charge is 0.134 e. The summed E-state index contributed by atoms with van der Waals surface area (Å²) in [5.74, 6) is 0.753. The first-order valence-corrected chi connectivity index (χ1v) is 7.72. The first kappa shape index (κ1) is 14.9. The molecule has 114 valence electrons. The standard InChI is InChI=1S/C16H21ClN2O2/c1-10(2)19-5-6-20-15(9-19)16(18)14-8-11-7-12(17)3-4-13(11)21-14/h3-4,7-8,10,15-16H,5-6,9,18H2,1-2H3. The van der Waals surface area contributed by atoms with E-state index in [4.69, 9.17) is 26.5 Å². The Morgan fingerprint density at radius 3 is 2.90 bits per heavy atom. The highest BCUT2D eigenvalue weighted by Crippen LogP contribution is 2.28. The third-order valence-corrected chi connectivity index (χ3v) is 4.32. The minimum Gasteiger partial charge on any atom is -0.459 e. The number of hydrogen-bond donors (Lipinski definition) is 1. The van der Waals surface area contributed by atoms with Crippen LogP contribution in [0.15, 0.2) is 28.7 Å². The van der Waals surface area contributed by atoms with Crippen LogP contribution in [0.2, 0.25) is 5.02 Å². The average Bonchev–Trinajstić information content (AvgIpc) is 2.89. The van der Waals surface area contributed by atoms with E-state index in [-0.39, 0.29) is 12.1 Å². The van der Waals surface area contributed by atoms with E-state index in [2.05, 4.69) is 18.7 Å². The van der Waals surface area contributed by atoms with Gasteiger partial charge in [0.2, 0.25) is 0 Å². The molecule has 0 spiro atoms. The lowest BCUT2D eigenvalue weighted by Crippen LogP contribution is -2.49. The molecule has 2 heterocycles. The van der Waals surface area contributed by atoms with E-state index in [1.807, 2.05) is 24.3 Å². The van der Waals surface area contributed by atoms with Crippen LogP contribution < -0.4 is 5.73 Å². The Morgan fingerprint density at radius 2 is 2.14 bits per heavy atom. The minimum atomic E-state index is -0.266. The molecule has 3 rings (SSSR count). The number of fused-ring (bicyclic) bond motifs is 1. The van der Waals surface area contributed by atoms with Gasteiger partial charge in [0, 0.05) is 29.5 Å². The molecule has 0 saturated carbocycles. The van der Waals surface area contributed by atoms with E-state index in [0.717, 1.165) is 29.8 Å². The first-order chi connectivity index (χ1) is 10.0. The third kappa shape index (κ3) is 3.09. The second-order valence-corrected chi connectivity index (χ2v) is 6.29. The molecular weight excluding hydrogens is 288 g/mol. The maximum absolute atomic E-state index is 6.36. The van der Waals surface area contributed by atoms with Crippen LogP contribution in [0.3, 0.4) is 0 Å². The molecule has 1 aliphatic rings. The molecule has 5 heteroatoms. The summed E-state index contributed by atoms with van der Waals surface area (Å²) in [5, 5.41) is 1.67. The number of rotatable bonds is 3. The zero-order chi connectivity index (χ0) is 15.0. The zero-order valence-corrected chi connectivity index (χ0v) is 13.1. The highest BCUT2D eigenvalue weighted by atomic mass is 35.5. The summed E-state index contributed by atoms with van der Waals surface area (Å²) in [5.41, 5.74) is 7.16. The topological polar surface area (TPSA) is 51.6 Å². The quantitative estimate of drug-likeness (QED) is 0.946. The fourth-order valence-electron chi connectivity index (χ4n) is 2.76. The van der Waals surface area contributed by atoms with Crippen LogP contribution >= 0.6 is 11.6 Å². The van der Waals surface area contributed by atoms with E-state index < -0.39 is 0 Å². The molecule has 4 nitrogen and oxygen atoms in total. The molecular formula is C16H21ClN2O2. The molecule has 1 aliphatic heterocycles. The lowest BCUT2D eigenvalue weighted by molar-refractivity contribution is -0.0527. The molecule has 2 N–H and O–H groups in total. The summed E-state index contributed by atoms with van der Waals surface area (Å²) in [7, 11) is 0. The van der Waals surface area contributed by atoms with Crippen molar-refractivity contribution in [3.05, 3.63) is 35.0 Å². The van der Waals surface area contributed by atoms with Crippen LogP contribution in [-0.2, 0) is 4.74 Å². The van der Waals surface area contributed by atoms with Crippen molar-refractivity contribution >= 4 is 22.6 Å². The second kappa shape index (κ2) is 5.97. The molecule has 1 fully saturated rings. The number of halogens is 1. The second-order valence-electron chi connectivity index (χ2n) is 5.85. The lowest BCUT2D eigenvalue weighted by atomic mass is 10.1. The van der Waals surface area contributed by atoms with Gasteiger partial charge in [-0.2, -0.15) is 0 Å². The van der Waals surface area contributed by atoms with Gasteiger partial charge in [-0.25, -0.2) is 0 Å². The molecule has 0 aliphatic carbocycles. The molecule has 2 unspecified atom stereocenters. The number of furan rings is 1. The molecule has 2 aromatic rings. The highest BCUT2D eigenvalue weighted by molar-refractivity contribution is 6.31. The predicted octanol–water partition coefficient (Wildman–Crippen LogP) is 3.20. The van der Waals surface area contributed by atoms with Crippen LogP contribution in [0.4, 0.5) is 0 Å². The van der Waals surface area contributed by atoms with Crippen LogP contribution in [0.5, 0.6) is 0 Å². The van der Waals surface area contributed by atoms with Crippen molar-refractivity contribution in [2.24, 2.45) is 5.73 Å². The van der Waals surface area contributed by atoms with Gasteiger partial charge in [-0.15, -0.1) is 0 Å².